The molecule has 2 rings (SSSR count). The zero-order valence-corrected chi connectivity index (χ0v) is 10.1. The summed E-state index contributed by atoms with van der Waals surface area (Å²) >= 11 is 5.74. The lowest BCUT2D eigenvalue weighted by molar-refractivity contribution is 0.585. The van der Waals surface area contributed by atoms with Gasteiger partial charge in [0.15, 0.2) is 11.0 Å². The Morgan fingerprint density at radius 1 is 1.25 bits per heavy atom. The SMILES string of the molecule is O=S(=O)(Nc1nccnc1Cl)C1CCCC1. The third kappa shape index (κ3) is 2.44. The summed E-state index contributed by atoms with van der Waals surface area (Å²) in [5, 5.41) is -0.255. The molecule has 5 nitrogen and oxygen atoms in total. The van der Waals surface area contributed by atoms with Crippen molar-refractivity contribution in [1.29, 1.82) is 0 Å². The van der Waals surface area contributed by atoms with Crippen molar-refractivity contribution in [1.82, 2.24) is 9.97 Å². The molecule has 0 aliphatic heterocycles. The molecule has 1 N–H and O–H groups in total. The Balaban J connectivity index is 2.18. The summed E-state index contributed by atoms with van der Waals surface area (Å²) < 4.78 is 26.2. The van der Waals surface area contributed by atoms with E-state index in [2.05, 4.69) is 14.7 Å². The minimum atomic E-state index is -3.37. The van der Waals surface area contributed by atoms with Crippen molar-refractivity contribution in [2.24, 2.45) is 0 Å². The topological polar surface area (TPSA) is 72.0 Å². The number of nitrogens with zero attached hydrogens (tertiary/aromatic N) is 2. The quantitative estimate of drug-likeness (QED) is 0.901. The van der Waals surface area contributed by atoms with E-state index in [0.717, 1.165) is 12.8 Å². The van der Waals surface area contributed by atoms with Gasteiger partial charge < -0.3 is 0 Å². The van der Waals surface area contributed by atoms with Crippen molar-refractivity contribution in [2.75, 3.05) is 4.72 Å². The van der Waals surface area contributed by atoms with Crippen molar-refractivity contribution < 1.29 is 8.42 Å². The molecule has 1 fully saturated rings. The van der Waals surface area contributed by atoms with Gasteiger partial charge in [0.2, 0.25) is 10.0 Å². The Hall–Kier alpha value is -0.880. The second-order valence-corrected chi connectivity index (χ2v) is 6.07. The van der Waals surface area contributed by atoms with Gasteiger partial charge >= 0.3 is 0 Å². The summed E-state index contributed by atoms with van der Waals surface area (Å²) in [6.07, 6.45) is 6.13. The highest BCUT2D eigenvalue weighted by atomic mass is 35.5. The number of anilines is 1. The van der Waals surface area contributed by atoms with Crippen LogP contribution in [-0.2, 0) is 10.0 Å². The maximum absolute atomic E-state index is 11.9. The molecule has 1 aliphatic rings. The van der Waals surface area contributed by atoms with E-state index in [1.807, 2.05) is 0 Å². The molecule has 7 heteroatoms. The van der Waals surface area contributed by atoms with Gasteiger partial charge in [-0.15, -0.1) is 0 Å². The number of nitrogens with one attached hydrogen (secondary N) is 1. The van der Waals surface area contributed by atoms with Gasteiger partial charge in [-0.2, -0.15) is 0 Å². The second kappa shape index (κ2) is 4.55. The van der Waals surface area contributed by atoms with Crippen LogP contribution in [0.25, 0.3) is 0 Å². The van der Waals surface area contributed by atoms with Gasteiger partial charge in [-0.25, -0.2) is 18.4 Å². The first kappa shape index (κ1) is 11.6. The van der Waals surface area contributed by atoms with Crippen LogP contribution in [-0.4, -0.2) is 23.6 Å². The van der Waals surface area contributed by atoms with Crippen LogP contribution in [0.1, 0.15) is 25.7 Å². The Morgan fingerprint density at radius 3 is 2.50 bits per heavy atom. The maximum Gasteiger partial charge on any atom is 0.236 e. The maximum atomic E-state index is 11.9. The van der Waals surface area contributed by atoms with Gasteiger partial charge in [-0.3, -0.25) is 4.72 Å². The molecule has 0 spiro atoms. The molecule has 1 aromatic heterocycles. The first-order valence-electron chi connectivity index (χ1n) is 5.08. The van der Waals surface area contributed by atoms with Crippen molar-refractivity contribution in [3.8, 4) is 0 Å². The van der Waals surface area contributed by atoms with Gasteiger partial charge in [-0.05, 0) is 12.8 Å². The summed E-state index contributed by atoms with van der Waals surface area (Å²) in [6, 6.07) is 0. The van der Waals surface area contributed by atoms with E-state index in [1.54, 1.807) is 0 Å². The lowest BCUT2D eigenvalue weighted by Gasteiger charge is -2.12. The van der Waals surface area contributed by atoms with Gasteiger partial charge in [0.1, 0.15) is 0 Å². The number of halogens is 1. The molecule has 1 aromatic rings. The highest BCUT2D eigenvalue weighted by molar-refractivity contribution is 7.93. The van der Waals surface area contributed by atoms with Crippen LogP contribution >= 0.6 is 11.6 Å². The number of aromatic nitrogens is 2. The minimum absolute atomic E-state index is 0.0732. The minimum Gasteiger partial charge on any atom is -0.265 e. The summed E-state index contributed by atoms with van der Waals surface area (Å²) in [5.41, 5.74) is 0. The van der Waals surface area contributed by atoms with E-state index < -0.39 is 10.0 Å². The molecular formula is C9H12ClN3O2S. The van der Waals surface area contributed by atoms with E-state index in [1.165, 1.54) is 12.4 Å². The molecule has 16 heavy (non-hydrogen) atoms. The Labute approximate surface area is 99.3 Å². The van der Waals surface area contributed by atoms with Crippen LogP contribution in [0.5, 0.6) is 0 Å². The fourth-order valence-corrected chi connectivity index (χ4v) is 3.55. The number of hydrogen-bond acceptors (Lipinski definition) is 4. The first-order chi connectivity index (χ1) is 7.59. The molecule has 0 radical (unpaired) electrons. The first-order valence-corrected chi connectivity index (χ1v) is 7.00. The molecule has 0 unspecified atom stereocenters. The molecule has 0 bridgehead atoms. The van der Waals surface area contributed by atoms with Crippen molar-refractivity contribution in [2.45, 2.75) is 30.9 Å². The highest BCUT2D eigenvalue weighted by Gasteiger charge is 2.29. The van der Waals surface area contributed by atoms with Crippen LogP contribution < -0.4 is 4.72 Å². The normalized spacial score (nSPS) is 17.6. The monoisotopic (exact) mass is 261 g/mol. The Bertz CT molecular complexity index is 471. The number of sulfonamides is 1. The van der Waals surface area contributed by atoms with E-state index in [4.69, 9.17) is 11.6 Å². The highest BCUT2D eigenvalue weighted by Crippen LogP contribution is 2.26. The van der Waals surface area contributed by atoms with Crippen LogP contribution in [0.2, 0.25) is 5.15 Å². The molecule has 1 heterocycles. The van der Waals surface area contributed by atoms with E-state index in [9.17, 15) is 8.42 Å². The van der Waals surface area contributed by atoms with Gasteiger partial charge in [0, 0.05) is 12.4 Å². The zero-order chi connectivity index (χ0) is 11.6. The lowest BCUT2D eigenvalue weighted by Crippen LogP contribution is -2.25. The average molecular weight is 262 g/mol. The molecule has 0 saturated heterocycles. The zero-order valence-electron chi connectivity index (χ0n) is 8.56. The second-order valence-electron chi connectivity index (χ2n) is 3.75. The van der Waals surface area contributed by atoms with E-state index >= 15 is 0 Å². The van der Waals surface area contributed by atoms with E-state index in [0.29, 0.717) is 12.8 Å². The fourth-order valence-electron chi connectivity index (χ4n) is 1.81. The van der Waals surface area contributed by atoms with Crippen molar-refractivity contribution in [3.05, 3.63) is 17.5 Å². The smallest absolute Gasteiger partial charge is 0.236 e. The number of rotatable bonds is 3. The lowest BCUT2D eigenvalue weighted by atomic mass is 10.4. The Morgan fingerprint density at radius 2 is 1.88 bits per heavy atom. The third-order valence-corrected chi connectivity index (χ3v) is 4.74. The summed E-state index contributed by atoms with van der Waals surface area (Å²) in [7, 11) is -3.37. The van der Waals surface area contributed by atoms with Crippen LogP contribution in [0.3, 0.4) is 0 Å². The van der Waals surface area contributed by atoms with Crippen molar-refractivity contribution >= 4 is 27.4 Å². The standard InChI is InChI=1S/C9H12ClN3O2S/c10-8-9(12-6-5-11-8)13-16(14,15)7-3-1-2-4-7/h5-7H,1-4H2,(H,12,13). The summed E-state index contributed by atoms with van der Waals surface area (Å²) in [6.45, 7) is 0. The van der Waals surface area contributed by atoms with Gasteiger partial charge in [0.05, 0.1) is 5.25 Å². The summed E-state index contributed by atoms with van der Waals surface area (Å²) in [4.78, 5) is 7.62. The molecule has 0 amide bonds. The Kier molecular flexibility index (Phi) is 3.30. The van der Waals surface area contributed by atoms with Crippen LogP contribution in [0, 0.1) is 0 Å². The summed E-state index contributed by atoms with van der Waals surface area (Å²) in [5.74, 6) is 0.107. The van der Waals surface area contributed by atoms with Crippen LogP contribution in [0.4, 0.5) is 5.82 Å². The molecular weight excluding hydrogens is 250 g/mol. The third-order valence-electron chi connectivity index (χ3n) is 2.63. The molecule has 1 saturated carbocycles. The van der Waals surface area contributed by atoms with Gasteiger partial charge in [-0.1, -0.05) is 24.4 Å². The molecule has 0 aromatic carbocycles. The molecule has 0 atom stereocenters. The molecule has 1 aliphatic carbocycles. The fraction of sp³-hybridized carbons (Fsp3) is 0.556. The van der Waals surface area contributed by atoms with Crippen molar-refractivity contribution in [3.63, 3.8) is 0 Å². The molecule has 88 valence electrons. The predicted octanol–water partition coefficient (Wildman–Crippen LogP) is 1.81. The van der Waals surface area contributed by atoms with Crippen LogP contribution in [0.15, 0.2) is 12.4 Å². The number of hydrogen-bond donors (Lipinski definition) is 1. The van der Waals surface area contributed by atoms with Gasteiger partial charge in [0.25, 0.3) is 0 Å². The van der Waals surface area contributed by atoms with E-state index in [-0.39, 0.29) is 16.2 Å². The average Bonchev–Trinajstić information content (AvgIpc) is 2.75. The predicted molar refractivity (Wildman–Crippen MR) is 61.8 cm³/mol. The largest absolute Gasteiger partial charge is 0.265 e.